The minimum atomic E-state index is -4.40. The number of carbonyl (C=O) groups is 1. The van der Waals surface area contributed by atoms with Crippen molar-refractivity contribution in [2.24, 2.45) is 0 Å². The van der Waals surface area contributed by atoms with Crippen LogP contribution in [0.15, 0.2) is 60.8 Å². The van der Waals surface area contributed by atoms with E-state index in [0.29, 0.717) is 23.4 Å². The Morgan fingerprint density at radius 3 is 2.53 bits per heavy atom. The summed E-state index contributed by atoms with van der Waals surface area (Å²) in [5, 5.41) is 4.38. The van der Waals surface area contributed by atoms with E-state index in [1.807, 2.05) is 30.3 Å². The van der Waals surface area contributed by atoms with Crippen molar-refractivity contribution in [2.75, 3.05) is 26.8 Å². The molecular weight excluding hydrogens is 423 g/mol. The maximum absolute atomic E-state index is 13.3. The van der Waals surface area contributed by atoms with Gasteiger partial charge in [0, 0.05) is 13.7 Å². The van der Waals surface area contributed by atoms with Crippen molar-refractivity contribution in [1.29, 1.82) is 0 Å². The molecule has 168 valence electrons. The van der Waals surface area contributed by atoms with Gasteiger partial charge in [0.25, 0.3) is 5.91 Å². The summed E-state index contributed by atoms with van der Waals surface area (Å²) in [6, 6.07) is 14.3. The van der Waals surface area contributed by atoms with Gasteiger partial charge in [-0.25, -0.2) is 4.68 Å². The average molecular weight is 445 g/mol. The van der Waals surface area contributed by atoms with Crippen LogP contribution in [-0.4, -0.2) is 47.4 Å². The summed E-state index contributed by atoms with van der Waals surface area (Å²) >= 11 is 0. The lowest BCUT2D eigenvalue weighted by Crippen LogP contribution is -2.42. The lowest BCUT2D eigenvalue weighted by Gasteiger charge is -2.33. The predicted octanol–water partition coefficient (Wildman–Crippen LogP) is 4.25. The molecule has 0 spiro atoms. The average Bonchev–Trinajstić information content (AvgIpc) is 3.22. The summed E-state index contributed by atoms with van der Waals surface area (Å²) < 4.78 is 51.2. The second-order valence-electron chi connectivity index (χ2n) is 7.42. The Hall–Kier alpha value is -3.17. The third-order valence-corrected chi connectivity index (χ3v) is 5.34. The van der Waals surface area contributed by atoms with E-state index < -0.39 is 17.8 Å². The Bertz CT molecular complexity index is 1070. The maximum Gasteiger partial charge on any atom is 0.416 e. The largest absolute Gasteiger partial charge is 0.416 e. The van der Waals surface area contributed by atoms with Gasteiger partial charge >= 0.3 is 6.18 Å². The number of carbonyl (C=O) groups excluding carboxylic acids is 1. The fourth-order valence-electron chi connectivity index (χ4n) is 3.71. The number of hydrogen-bond donors (Lipinski definition) is 0. The molecule has 1 aliphatic heterocycles. The molecule has 6 nitrogen and oxygen atoms in total. The first kappa shape index (κ1) is 22.0. The highest BCUT2D eigenvalue weighted by Gasteiger charge is 2.32. The summed E-state index contributed by atoms with van der Waals surface area (Å²) in [6.45, 7) is 1.08. The zero-order chi connectivity index (χ0) is 22.7. The van der Waals surface area contributed by atoms with Crippen LogP contribution >= 0.6 is 0 Å². The van der Waals surface area contributed by atoms with Crippen LogP contribution in [0, 0.1) is 0 Å². The maximum atomic E-state index is 13.3. The van der Waals surface area contributed by atoms with E-state index >= 15 is 0 Å². The quantitative estimate of drug-likeness (QED) is 0.589. The third kappa shape index (κ3) is 4.53. The van der Waals surface area contributed by atoms with E-state index in [0.717, 1.165) is 17.8 Å². The van der Waals surface area contributed by atoms with Crippen LogP contribution in [-0.2, 0) is 22.3 Å². The molecule has 0 saturated carbocycles. The number of ether oxygens (including phenoxy) is 2. The van der Waals surface area contributed by atoms with Crippen LogP contribution in [0.25, 0.3) is 5.69 Å². The molecule has 0 bridgehead atoms. The van der Waals surface area contributed by atoms with E-state index in [2.05, 4.69) is 5.10 Å². The molecule has 1 unspecified atom stereocenters. The van der Waals surface area contributed by atoms with Gasteiger partial charge in [-0.2, -0.15) is 18.3 Å². The van der Waals surface area contributed by atoms with Crippen molar-refractivity contribution < 1.29 is 27.4 Å². The molecular formula is C23H22F3N3O3. The zero-order valence-electron chi connectivity index (χ0n) is 17.4. The predicted molar refractivity (Wildman–Crippen MR) is 110 cm³/mol. The molecule has 1 atom stereocenters. The van der Waals surface area contributed by atoms with E-state index in [1.165, 1.54) is 18.3 Å². The van der Waals surface area contributed by atoms with Gasteiger partial charge in [-0.1, -0.05) is 30.3 Å². The Balaban J connectivity index is 1.55. The Morgan fingerprint density at radius 2 is 1.88 bits per heavy atom. The molecule has 2 aromatic carbocycles. The molecule has 1 aliphatic rings. The minimum Gasteiger partial charge on any atom is -0.378 e. The van der Waals surface area contributed by atoms with Crippen molar-refractivity contribution in [3.8, 4) is 5.69 Å². The number of nitrogens with zero attached hydrogens (tertiary/aromatic N) is 3. The SMILES string of the molecule is COCc1c(C(=O)N2CCOC(c3ccc(C(F)(F)F)cc3)C2)cnn1-c1ccccc1. The molecule has 1 fully saturated rings. The first-order valence-corrected chi connectivity index (χ1v) is 10.1. The van der Waals surface area contributed by atoms with Crippen molar-refractivity contribution in [3.05, 3.63) is 83.2 Å². The number of aromatic nitrogens is 2. The van der Waals surface area contributed by atoms with E-state index in [1.54, 1.807) is 16.7 Å². The monoisotopic (exact) mass is 445 g/mol. The lowest BCUT2D eigenvalue weighted by molar-refractivity contribution is -0.137. The molecule has 0 aliphatic carbocycles. The van der Waals surface area contributed by atoms with E-state index in [-0.39, 0.29) is 25.7 Å². The van der Waals surface area contributed by atoms with Crippen molar-refractivity contribution in [3.63, 3.8) is 0 Å². The molecule has 1 aromatic heterocycles. The number of halogens is 3. The Labute approximate surface area is 183 Å². The molecule has 0 radical (unpaired) electrons. The number of rotatable bonds is 5. The second kappa shape index (κ2) is 9.13. The number of methoxy groups -OCH3 is 1. The number of hydrogen-bond acceptors (Lipinski definition) is 4. The van der Waals surface area contributed by atoms with E-state index in [4.69, 9.17) is 9.47 Å². The van der Waals surface area contributed by atoms with Gasteiger partial charge in [-0.15, -0.1) is 0 Å². The van der Waals surface area contributed by atoms with Crippen molar-refractivity contribution in [1.82, 2.24) is 14.7 Å². The summed E-state index contributed by atoms with van der Waals surface area (Å²) in [7, 11) is 1.55. The molecule has 0 N–H and O–H groups in total. The number of para-hydroxylation sites is 1. The summed E-state index contributed by atoms with van der Waals surface area (Å²) in [6.07, 6.45) is -3.39. The van der Waals surface area contributed by atoms with Crippen molar-refractivity contribution >= 4 is 5.91 Å². The van der Waals surface area contributed by atoms with Crippen LogP contribution in [0.1, 0.15) is 33.3 Å². The van der Waals surface area contributed by atoms with Crippen LogP contribution < -0.4 is 0 Å². The molecule has 1 saturated heterocycles. The normalized spacial score (nSPS) is 16.9. The Morgan fingerprint density at radius 1 is 1.16 bits per heavy atom. The highest BCUT2D eigenvalue weighted by molar-refractivity contribution is 5.95. The van der Waals surface area contributed by atoms with Gasteiger partial charge in [-0.05, 0) is 29.8 Å². The fraction of sp³-hybridized carbons (Fsp3) is 0.304. The van der Waals surface area contributed by atoms with Crippen LogP contribution in [0.2, 0.25) is 0 Å². The standard InChI is InChI=1S/C23H22F3N3O3/c1-31-15-20-19(13-27-29(20)18-5-3-2-4-6-18)22(30)28-11-12-32-21(14-28)16-7-9-17(10-8-16)23(24,25)26/h2-10,13,21H,11-12,14-15H2,1H3. The number of morpholine rings is 1. The summed E-state index contributed by atoms with van der Waals surface area (Å²) in [5.74, 6) is -0.223. The highest BCUT2D eigenvalue weighted by Crippen LogP contribution is 2.31. The minimum absolute atomic E-state index is 0.197. The number of alkyl halides is 3. The first-order chi connectivity index (χ1) is 15.4. The van der Waals surface area contributed by atoms with Gasteiger partial charge in [0.15, 0.2) is 0 Å². The fourth-order valence-corrected chi connectivity index (χ4v) is 3.71. The molecule has 9 heteroatoms. The first-order valence-electron chi connectivity index (χ1n) is 10.1. The summed E-state index contributed by atoms with van der Waals surface area (Å²) in [5.41, 5.74) is 1.73. The number of benzene rings is 2. The van der Waals surface area contributed by atoms with Gasteiger partial charge in [0.05, 0.1) is 48.5 Å². The Kier molecular flexibility index (Phi) is 6.29. The van der Waals surface area contributed by atoms with Gasteiger partial charge < -0.3 is 14.4 Å². The topological polar surface area (TPSA) is 56.6 Å². The third-order valence-electron chi connectivity index (χ3n) is 5.34. The summed E-state index contributed by atoms with van der Waals surface area (Å²) in [4.78, 5) is 15.0. The molecule has 4 rings (SSSR count). The highest BCUT2D eigenvalue weighted by atomic mass is 19.4. The van der Waals surface area contributed by atoms with Crippen LogP contribution in [0.4, 0.5) is 13.2 Å². The number of amides is 1. The zero-order valence-corrected chi connectivity index (χ0v) is 17.4. The van der Waals surface area contributed by atoms with E-state index in [9.17, 15) is 18.0 Å². The second-order valence-corrected chi connectivity index (χ2v) is 7.42. The smallest absolute Gasteiger partial charge is 0.378 e. The molecule has 2 heterocycles. The van der Waals surface area contributed by atoms with Gasteiger partial charge in [0.1, 0.15) is 6.10 Å². The molecule has 1 amide bonds. The molecule has 32 heavy (non-hydrogen) atoms. The van der Waals surface area contributed by atoms with Crippen molar-refractivity contribution in [2.45, 2.75) is 18.9 Å². The van der Waals surface area contributed by atoms with Gasteiger partial charge in [0.2, 0.25) is 0 Å². The molecule has 3 aromatic rings. The van der Waals surface area contributed by atoms with Crippen LogP contribution in [0.5, 0.6) is 0 Å². The van der Waals surface area contributed by atoms with Crippen LogP contribution in [0.3, 0.4) is 0 Å². The van der Waals surface area contributed by atoms with Gasteiger partial charge in [-0.3, -0.25) is 4.79 Å². The lowest BCUT2D eigenvalue weighted by atomic mass is 10.0.